The number of hydrogen-bond donors (Lipinski definition) is 1. The summed E-state index contributed by atoms with van der Waals surface area (Å²) in [5.41, 5.74) is 6.77. The molecule has 3 heteroatoms. The summed E-state index contributed by atoms with van der Waals surface area (Å²) in [6.07, 6.45) is 1.94. The first kappa shape index (κ1) is 14.0. The Morgan fingerprint density at radius 3 is 2.71 bits per heavy atom. The maximum Gasteiger partial charge on any atom is 0.126 e. The third-order valence-corrected chi connectivity index (χ3v) is 2.96. The molecule has 0 fully saturated rings. The van der Waals surface area contributed by atoms with Gasteiger partial charge in [-0.2, -0.15) is 0 Å². The molecule has 0 radical (unpaired) electrons. The van der Waals surface area contributed by atoms with Crippen LogP contribution in [0.15, 0.2) is 18.2 Å². The largest absolute Gasteiger partial charge is 0.493 e. The zero-order valence-corrected chi connectivity index (χ0v) is 10.9. The standard InChI is InChI=1S/C14H22FNO/c1-11-5-6-12(15)9-13(11)17-8-4-7-14(2,3)10-16/h5-6,9H,4,7-8,10,16H2,1-3H3. The van der Waals surface area contributed by atoms with Gasteiger partial charge in [0.25, 0.3) is 0 Å². The van der Waals surface area contributed by atoms with E-state index in [0.29, 0.717) is 18.9 Å². The zero-order valence-electron chi connectivity index (χ0n) is 10.9. The Bertz CT molecular complexity index is 363. The van der Waals surface area contributed by atoms with Crippen molar-refractivity contribution in [2.45, 2.75) is 33.6 Å². The van der Waals surface area contributed by atoms with Crippen molar-refractivity contribution in [3.05, 3.63) is 29.6 Å². The van der Waals surface area contributed by atoms with Gasteiger partial charge < -0.3 is 10.5 Å². The third-order valence-electron chi connectivity index (χ3n) is 2.96. The normalized spacial score (nSPS) is 11.6. The molecule has 0 amide bonds. The van der Waals surface area contributed by atoms with Gasteiger partial charge in [0.15, 0.2) is 0 Å². The van der Waals surface area contributed by atoms with Gasteiger partial charge in [0.05, 0.1) is 6.61 Å². The van der Waals surface area contributed by atoms with Crippen LogP contribution in [0, 0.1) is 18.2 Å². The van der Waals surface area contributed by atoms with Gasteiger partial charge in [-0.3, -0.25) is 0 Å². The van der Waals surface area contributed by atoms with Crippen LogP contribution >= 0.6 is 0 Å². The van der Waals surface area contributed by atoms with E-state index in [1.807, 2.05) is 6.92 Å². The van der Waals surface area contributed by atoms with Gasteiger partial charge >= 0.3 is 0 Å². The average molecular weight is 239 g/mol. The van der Waals surface area contributed by atoms with E-state index >= 15 is 0 Å². The lowest BCUT2D eigenvalue weighted by Crippen LogP contribution is -2.24. The Balaban J connectivity index is 2.38. The molecule has 0 heterocycles. The molecule has 0 aliphatic heterocycles. The molecule has 2 nitrogen and oxygen atoms in total. The van der Waals surface area contributed by atoms with Gasteiger partial charge in [-0.25, -0.2) is 4.39 Å². The van der Waals surface area contributed by atoms with E-state index in [0.717, 1.165) is 18.4 Å². The molecule has 1 aromatic rings. The molecule has 96 valence electrons. The zero-order chi connectivity index (χ0) is 12.9. The lowest BCUT2D eigenvalue weighted by molar-refractivity contribution is 0.259. The van der Waals surface area contributed by atoms with E-state index in [-0.39, 0.29) is 11.2 Å². The van der Waals surface area contributed by atoms with Crippen LogP contribution in [-0.4, -0.2) is 13.2 Å². The van der Waals surface area contributed by atoms with Crippen LogP contribution in [-0.2, 0) is 0 Å². The van der Waals surface area contributed by atoms with E-state index in [2.05, 4.69) is 13.8 Å². The monoisotopic (exact) mass is 239 g/mol. The minimum Gasteiger partial charge on any atom is -0.493 e. The Morgan fingerprint density at radius 2 is 2.06 bits per heavy atom. The lowest BCUT2D eigenvalue weighted by Gasteiger charge is -2.22. The van der Waals surface area contributed by atoms with Gasteiger partial charge in [-0.15, -0.1) is 0 Å². The summed E-state index contributed by atoms with van der Waals surface area (Å²) in [4.78, 5) is 0. The molecular weight excluding hydrogens is 217 g/mol. The lowest BCUT2D eigenvalue weighted by atomic mass is 9.88. The van der Waals surface area contributed by atoms with Crippen molar-refractivity contribution in [2.75, 3.05) is 13.2 Å². The van der Waals surface area contributed by atoms with Crippen LogP contribution in [0.5, 0.6) is 5.75 Å². The van der Waals surface area contributed by atoms with Crippen molar-refractivity contribution in [1.29, 1.82) is 0 Å². The Labute approximate surface area is 103 Å². The van der Waals surface area contributed by atoms with Crippen LogP contribution in [0.3, 0.4) is 0 Å². The van der Waals surface area contributed by atoms with Crippen molar-refractivity contribution in [2.24, 2.45) is 11.1 Å². The Kier molecular flexibility index (Phi) is 4.94. The summed E-state index contributed by atoms with van der Waals surface area (Å²) < 4.78 is 18.6. The average Bonchev–Trinajstić information content (AvgIpc) is 2.29. The minimum atomic E-state index is -0.257. The molecule has 1 rings (SSSR count). The van der Waals surface area contributed by atoms with Crippen molar-refractivity contribution >= 4 is 0 Å². The summed E-state index contributed by atoms with van der Waals surface area (Å²) in [6.45, 7) is 7.47. The number of rotatable bonds is 6. The van der Waals surface area contributed by atoms with E-state index in [1.165, 1.54) is 12.1 Å². The number of nitrogens with two attached hydrogens (primary N) is 1. The third kappa shape index (κ3) is 4.73. The predicted octanol–water partition coefficient (Wildman–Crippen LogP) is 3.28. The van der Waals surface area contributed by atoms with Crippen LogP contribution in [0.25, 0.3) is 0 Å². The molecule has 17 heavy (non-hydrogen) atoms. The second-order valence-electron chi connectivity index (χ2n) is 5.23. The van der Waals surface area contributed by atoms with Crippen LogP contribution in [0.2, 0.25) is 0 Å². The number of aryl methyl sites for hydroxylation is 1. The van der Waals surface area contributed by atoms with Crippen molar-refractivity contribution in [3.8, 4) is 5.75 Å². The van der Waals surface area contributed by atoms with Crippen molar-refractivity contribution < 1.29 is 9.13 Å². The second-order valence-corrected chi connectivity index (χ2v) is 5.23. The first-order valence-electron chi connectivity index (χ1n) is 6.04. The van der Waals surface area contributed by atoms with Crippen LogP contribution in [0.4, 0.5) is 4.39 Å². The van der Waals surface area contributed by atoms with Crippen LogP contribution in [0.1, 0.15) is 32.3 Å². The maximum atomic E-state index is 13.0. The molecule has 0 saturated heterocycles. The molecule has 0 bridgehead atoms. The summed E-state index contributed by atoms with van der Waals surface area (Å²) in [7, 11) is 0. The molecule has 0 unspecified atom stereocenters. The highest BCUT2D eigenvalue weighted by Gasteiger charge is 2.14. The smallest absolute Gasteiger partial charge is 0.126 e. The van der Waals surface area contributed by atoms with E-state index in [1.54, 1.807) is 6.07 Å². The number of halogens is 1. The topological polar surface area (TPSA) is 35.2 Å². The van der Waals surface area contributed by atoms with Crippen molar-refractivity contribution in [1.82, 2.24) is 0 Å². The van der Waals surface area contributed by atoms with E-state index < -0.39 is 0 Å². The highest BCUT2D eigenvalue weighted by Crippen LogP contribution is 2.22. The molecule has 0 aliphatic carbocycles. The van der Waals surface area contributed by atoms with Gasteiger partial charge in [-0.05, 0) is 43.4 Å². The second kappa shape index (κ2) is 6.01. The predicted molar refractivity (Wildman–Crippen MR) is 68.7 cm³/mol. The van der Waals surface area contributed by atoms with Gasteiger partial charge in [0, 0.05) is 6.07 Å². The highest BCUT2D eigenvalue weighted by molar-refractivity contribution is 5.32. The fourth-order valence-electron chi connectivity index (χ4n) is 1.56. The minimum absolute atomic E-state index is 0.153. The molecule has 0 saturated carbocycles. The maximum absolute atomic E-state index is 13.0. The van der Waals surface area contributed by atoms with Gasteiger partial charge in [0.2, 0.25) is 0 Å². The van der Waals surface area contributed by atoms with Crippen LogP contribution < -0.4 is 10.5 Å². The number of benzene rings is 1. The van der Waals surface area contributed by atoms with E-state index in [9.17, 15) is 4.39 Å². The molecule has 1 aromatic carbocycles. The summed E-state index contributed by atoms with van der Waals surface area (Å²) in [5.74, 6) is 0.378. The number of ether oxygens (including phenoxy) is 1. The molecule has 0 spiro atoms. The first-order valence-corrected chi connectivity index (χ1v) is 6.04. The SMILES string of the molecule is Cc1ccc(F)cc1OCCCC(C)(C)CN. The van der Waals surface area contributed by atoms with E-state index in [4.69, 9.17) is 10.5 Å². The fourth-order valence-corrected chi connectivity index (χ4v) is 1.56. The quantitative estimate of drug-likeness (QED) is 0.773. The summed E-state index contributed by atoms with van der Waals surface area (Å²) in [5, 5.41) is 0. The Morgan fingerprint density at radius 1 is 1.35 bits per heavy atom. The Hall–Kier alpha value is -1.09. The molecule has 0 atom stereocenters. The summed E-state index contributed by atoms with van der Waals surface area (Å²) >= 11 is 0. The first-order chi connectivity index (χ1) is 7.94. The number of hydrogen-bond acceptors (Lipinski definition) is 2. The fraction of sp³-hybridized carbons (Fsp3) is 0.571. The highest BCUT2D eigenvalue weighted by atomic mass is 19.1. The summed E-state index contributed by atoms with van der Waals surface area (Å²) in [6, 6.07) is 4.61. The van der Waals surface area contributed by atoms with Gasteiger partial charge in [-0.1, -0.05) is 19.9 Å². The molecular formula is C14H22FNO. The molecule has 0 aliphatic rings. The van der Waals surface area contributed by atoms with Crippen molar-refractivity contribution in [3.63, 3.8) is 0 Å². The van der Waals surface area contributed by atoms with Gasteiger partial charge in [0.1, 0.15) is 11.6 Å². The molecule has 2 N–H and O–H groups in total. The molecule has 0 aromatic heterocycles.